The number of carbonyl (C=O) groups excluding carboxylic acids is 1. The van der Waals surface area contributed by atoms with E-state index in [4.69, 9.17) is 0 Å². The van der Waals surface area contributed by atoms with Crippen molar-refractivity contribution in [1.82, 2.24) is 15.3 Å². The molecular weight excluding hydrogens is 252 g/mol. The third kappa shape index (κ3) is 4.28. The van der Waals surface area contributed by atoms with Gasteiger partial charge in [0.1, 0.15) is 0 Å². The van der Waals surface area contributed by atoms with Gasteiger partial charge in [0.2, 0.25) is 5.91 Å². The maximum Gasteiger partial charge on any atom is 0.224 e. The molecule has 0 atom stereocenters. The average Bonchev–Trinajstić information content (AvgIpc) is 2.43. The van der Waals surface area contributed by atoms with Crippen LogP contribution in [0.5, 0.6) is 0 Å². The summed E-state index contributed by atoms with van der Waals surface area (Å²) < 4.78 is 0. The van der Waals surface area contributed by atoms with Gasteiger partial charge in [-0.2, -0.15) is 0 Å². The minimum atomic E-state index is 0.0267. The molecule has 1 amide bonds. The number of fused-ring (bicyclic) bond motifs is 1. The van der Waals surface area contributed by atoms with Crippen LogP contribution in [0.1, 0.15) is 26.7 Å². The predicted molar refractivity (Wildman–Crippen MR) is 80.5 cm³/mol. The summed E-state index contributed by atoms with van der Waals surface area (Å²) in [7, 11) is 0. The van der Waals surface area contributed by atoms with Crippen molar-refractivity contribution >= 4 is 22.6 Å². The molecule has 1 aromatic heterocycles. The average molecular weight is 272 g/mol. The Hall–Kier alpha value is -2.01. The first-order chi connectivity index (χ1) is 9.65. The maximum absolute atomic E-state index is 11.8. The normalized spacial score (nSPS) is 10.9. The van der Waals surface area contributed by atoms with Gasteiger partial charge in [-0.3, -0.25) is 14.8 Å². The SMILES string of the molecule is CC(C)NCCCC(=O)Nc1ccc2nccnc2c1. The van der Waals surface area contributed by atoms with Crippen LogP contribution in [0.25, 0.3) is 11.0 Å². The summed E-state index contributed by atoms with van der Waals surface area (Å²) in [5.41, 5.74) is 2.37. The second-order valence-corrected chi connectivity index (χ2v) is 5.02. The van der Waals surface area contributed by atoms with Gasteiger partial charge in [-0.1, -0.05) is 13.8 Å². The lowest BCUT2D eigenvalue weighted by Crippen LogP contribution is -2.24. The summed E-state index contributed by atoms with van der Waals surface area (Å²) in [6.07, 6.45) is 4.64. The highest BCUT2D eigenvalue weighted by Crippen LogP contribution is 2.15. The topological polar surface area (TPSA) is 66.9 Å². The van der Waals surface area contributed by atoms with Crippen LogP contribution in [-0.2, 0) is 4.79 Å². The molecule has 0 aliphatic carbocycles. The number of hydrogen-bond acceptors (Lipinski definition) is 4. The number of anilines is 1. The summed E-state index contributed by atoms with van der Waals surface area (Å²) in [5, 5.41) is 6.18. The number of amides is 1. The zero-order valence-corrected chi connectivity index (χ0v) is 11.9. The van der Waals surface area contributed by atoms with Crippen LogP contribution < -0.4 is 10.6 Å². The lowest BCUT2D eigenvalue weighted by Gasteiger charge is -2.08. The number of nitrogens with zero attached hydrogens (tertiary/aromatic N) is 2. The van der Waals surface area contributed by atoms with E-state index in [0.717, 1.165) is 29.7 Å². The molecule has 5 heteroatoms. The van der Waals surface area contributed by atoms with Crippen LogP contribution in [-0.4, -0.2) is 28.5 Å². The van der Waals surface area contributed by atoms with Gasteiger partial charge in [0.05, 0.1) is 11.0 Å². The van der Waals surface area contributed by atoms with Crippen molar-refractivity contribution < 1.29 is 4.79 Å². The van der Waals surface area contributed by atoms with E-state index in [1.807, 2.05) is 18.2 Å². The highest BCUT2D eigenvalue weighted by Gasteiger charge is 2.04. The number of carbonyl (C=O) groups is 1. The zero-order chi connectivity index (χ0) is 14.4. The molecule has 1 aromatic carbocycles. The van der Waals surface area contributed by atoms with Crippen molar-refractivity contribution in [2.75, 3.05) is 11.9 Å². The van der Waals surface area contributed by atoms with E-state index in [9.17, 15) is 4.79 Å². The van der Waals surface area contributed by atoms with Crippen molar-refractivity contribution in [2.45, 2.75) is 32.7 Å². The molecule has 5 nitrogen and oxygen atoms in total. The van der Waals surface area contributed by atoms with E-state index in [2.05, 4.69) is 34.4 Å². The Balaban J connectivity index is 1.86. The van der Waals surface area contributed by atoms with Crippen molar-refractivity contribution in [3.8, 4) is 0 Å². The van der Waals surface area contributed by atoms with Crippen molar-refractivity contribution in [3.63, 3.8) is 0 Å². The molecule has 2 aromatic rings. The third-order valence-corrected chi connectivity index (χ3v) is 2.89. The Morgan fingerprint density at radius 3 is 2.70 bits per heavy atom. The Kier molecular flexibility index (Phi) is 5.01. The van der Waals surface area contributed by atoms with Crippen molar-refractivity contribution in [1.29, 1.82) is 0 Å². The smallest absolute Gasteiger partial charge is 0.224 e. The molecule has 0 aliphatic rings. The van der Waals surface area contributed by atoms with E-state index in [-0.39, 0.29) is 5.91 Å². The summed E-state index contributed by atoms with van der Waals surface area (Å²) >= 11 is 0. The van der Waals surface area contributed by atoms with Gasteiger partial charge in [0.25, 0.3) is 0 Å². The van der Waals surface area contributed by atoms with Crippen LogP contribution in [0.15, 0.2) is 30.6 Å². The first-order valence-electron chi connectivity index (χ1n) is 6.89. The molecule has 0 saturated heterocycles. The predicted octanol–water partition coefficient (Wildman–Crippen LogP) is 2.35. The Morgan fingerprint density at radius 2 is 1.95 bits per heavy atom. The molecule has 0 fully saturated rings. The molecule has 2 N–H and O–H groups in total. The molecular formula is C15H20N4O. The Bertz CT molecular complexity index is 583. The quantitative estimate of drug-likeness (QED) is 0.792. The van der Waals surface area contributed by atoms with Crippen LogP contribution in [0.4, 0.5) is 5.69 Å². The standard InChI is InChI=1S/C15H20N4O/c1-11(2)16-7-3-4-15(20)19-12-5-6-13-14(10-12)18-9-8-17-13/h5-6,8-11,16H,3-4,7H2,1-2H3,(H,19,20). The molecule has 1 heterocycles. The Labute approximate surface area is 118 Å². The highest BCUT2D eigenvalue weighted by atomic mass is 16.1. The molecule has 106 valence electrons. The number of rotatable bonds is 6. The maximum atomic E-state index is 11.8. The van der Waals surface area contributed by atoms with E-state index >= 15 is 0 Å². The van der Waals surface area contributed by atoms with Gasteiger partial charge >= 0.3 is 0 Å². The summed E-state index contributed by atoms with van der Waals surface area (Å²) in [6, 6.07) is 6.00. The van der Waals surface area contributed by atoms with Crippen molar-refractivity contribution in [3.05, 3.63) is 30.6 Å². The van der Waals surface area contributed by atoms with Gasteiger partial charge < -0.3 is 10.6 Å². The minimum Gasteiger partial charge on any atom is -0.326 e. The second kappa shape index (κ2) is 6.96. The number of aromatic nitrogens is 2. The monoisotopic (exact) mass is 272 g/mol. The van der Waals surface area contributed by atoms with Gasteiger partial charge in [0, 0.05) is 30.5 Å². The lowest BCUT2D eigenvalue weighted by atomic mass is 10.2. The summed E-state index contributed by atoms with van der Waals surface area (Å²) in [6.45, 7) is 5.04. The van der Waals surface area contributed by atoms with Gasteiger partial charge in [-0.05, 0) is 31.2 Å². The fourth-order valence-corrected chi connectivity index (χ4v) is 1.90. The number of hydrogen-bond donors (Lipinski definition) is 2. The van der Waals surface area contributed by atoms with Crippen LogP contribution in [0.3, 0.4) is 0 Å². The van der Waals surface area contributed by atoms with Crippen LogP contribution >= 0.6 is 0 Å². The molecule has 2 rings (SSSR count). The zero-order valence-electron chi connectivity index (χ0n) is 11.9. The second-order valence-electron chi connectivity index (χ2n) is 5.02. The van der Waals surface area contributed by atoms with Gasteiger partial charge in [-0.15, -0.1) is 0 Å². The highest BCUT2D eigenvalue weighted by molar-refractivity contribution is 5.92. The molecule has 0 spiro atoms. The fourth-order valence-electron chi connectivity index (χ4n) is 1.90. The Morgan fingerprint density at radius 1 is 1.20 bits per heavy atom. The third-order valence-electron chi connectivity index (χ3n) is 2.89. The molecule has 20 heavy (non-hydrogen) atoms. The summed E-state index contributed by atoms with van der Waals surface area (Å²) in [4.78, 5) is 20.2. The molecule has 0 radical (unpaired) electrons. The fraction of sp³-hybridized carbons (Fsp3) is 0.400. The largest absolute Gasteiger partial charge is 0.326 e. The van der Waals surface area contributed by atoms with E-state index in [1.54, 1.807) is 12.4 Å². The van der Waals surface area contributed by atoms with Gasteiger partial charge in [0.15, 0.2) is 0 Å². The van der Waals surface area contributed by atoms with E-state index < -0.39 is 0 Å². The van der Waals surface area contributed by atoms with Crippen molar-refractivity contribution in [2.24, 2.45) is 0 Å². The molecule has 0 unspecified atom stereocenters. The lowest BCUT2D eigenvalue weighted by molar-refractivity contribution is -0.116. The first-order valence-corrected chi connectivity index (χ1v) is 6.89. The number of benzene rings is 1. The molecule has 0 aliphatic heterocycles. The summed E-state index contributed by atoms with van der Waals surface area (Å²) in [5.74, 6) is 0.0267. The molecule has 0 bridgehead atoms. The van der Waals surface area contributed by atoms with E-state index in [0.29, 0.717) is 12.5 Å². The van der Waals surface area contributed by atoms with Crippen LogP contribution in [0.2, 0.25) is 0 Å². The minimum absolute atomic E-state index is 0.0267. The number of nitrogens with one attached hydrogen (secondary N) is 2. The van der Waals surface area contributed by atoms with Crippen LogP contribution in [0, 0.1) is 0 Å². The molecule has 0 saturated carbocycles. The van der Waals surface area contributed by atoms with E-state index in [1.165, 1.54) is 0 Å². The first kappa shape index (κ1) is 14.4. The van der Waals surface area contributed by atoms with Gasteiger partial charge in [-0.25, -0.2) is 0 Å².